The highest BCUT2D eigenvalue weighted by molar-refractivity contribution is 7.98. The molecule has 1 aromatic carbocycles. The second kappa shape index (κ2) is 5.93. The Morgan fingerprint density at radius 2 is 2.23 bits per heavy atom. The van der Waals surface area contributed by atoms with Gasteiger partial charge in [-0.25, -0.2) is 4.98 Å². The van der Waals surface area contributed by atoms with Crippen molar-refractivity contribution < 1.29 is 14.8 Å². The predicted molar refractivity (Wildman–Crippen MR) is 84.7 cm³/mol. The number of thiazole rings is 1. The van der Waals surface area contributed by atoms with Crippen molar-refractivity contribution in [3.05, 3.63) is 44.4 Å². The van der Waals surface area contributed by atoms with Crippen LogP contribution in [0.3, 0.4) is 0 Å². The number of hydrogen-bond donors (Lipinski definition) is 2. The van der Waals surface area contributed by atoms with Gasteiger partial charge in [0.15, 0.2) is 5.13 Å². The molecule has 114 valence electrons. The number of phenolic OH excluding ortho intramolecular Hbond substituents is 1. The van der Waals surface area contributed by atoms with Gasteiger partial charge in [0.1, 0.15) is 5.75 Å². The van der Waals surface area contributed by atoms with Crippen LogP contribution in [0.5, 0.6) is 5.75 Å². The molecule has 0 fully saturated rings. The van der Waals surface area contributed by atoms with Gasteiger partial charge in [-0.15, -0.1) is 11.3 Å². The van der Waals surface area contributed by atoms with E-state index in [0.29, 0.717) is 5.13 Å². The molecule has 9 heteroatoms. The summed E-state index contributed by atoms with van der Waals surface area (Å²) in [5, 5.41) is 23.4. The van der Waals surface area contributed by atoms with E-state index in [1.807, 2.05) is 11.8 Å². The number of benzene rings is 1. The van der Waals surface area contributed by atoms with Crippen LogP contribution in [0.2, 0.25) is 0 Å². The molecule has 3 rings (SSSR count). The van der Waals surface area contributed by atoms with Crippen LogP contribution in [0.25, 0.3) is 0 Å². The quantitative estimate of drug-likeness (QED) is 0.659. The van der Waals surface area contributed by atoms with Crippen molar-refractivity contribution >= 4 is 39.8 Å². The maximum Gasteiger partial charge on any atom is 0.273 e. The van der Waals surface area contributed by atoms with E-state index in [-0.39, 0.29) is 17.0 Å². The standard InChI is InChI=1S/C13H11N3O4S2/c17-9-4-7(3-8(5-9)16(19)20)12(18)15-13-14-10-1-2-21-6-11(10)22-13/h3-5,17H,1-2,6H2,(H,14,15,18). The summed E-state index contributed by atoms with van der Waals surface area (Å²) in [4.78, 5) is 27.8. The van der Waals surface area contributed by atoms with E-state index in [0.717, 1.165) is 40.6 Å². The van der Waals surface area contributed by atoms with Crippen molar-refractivity contribution in [3.63, 3.8) is 0 Å². The number of thioether (sulfide) groups is 1. The summed E-state index contributed by atoms with van der Waals surface area (Å²) >= 11 is 3.24. The Morgan fingerprint density at radius 3 is 2.95 bits per heavy atom. The van der Waals surface area contributed by atoms with Gasteiger partial charge in [0.2, 0.25) is 0 Å². The summed E-state index contributed by atoms with van der Waals surface area (Å²) in [6, 6.07) is 3.31. The third kappa shape index (κ3) is 3.04. The zero-order valence-electron chi connectivity index (χ0n) is 11.2. The van der Waals surface area contributed by atoms with Crippen molar-refractivity contribution in [2.24, 2.45) is 0 Å². The van der Waals surface area contributed by atoms with E-state index in [4.69, 9.17) is 0 Å². The van der Waals surface area contributed by atoms with E-state index in [9.17, 15) is 20.0 Å². The first-order valence-corrected chi connectivity index (χ1v) is 8.36. The van der Waals surface area contributed by atoms with Crippen LogP contribution in [0, 0.1) is 10.1 Å². The zero-order valence-corrected chi connectivity index (χ0v) is 12.9. The normalized spacial score (nSPS) is 13.5. The second-order valence-electron chi connectivity index (χ2n) is 4.64. The maximum atomic E-state index is 12.2. The number of aryl methyl sites for hydroxylation is 1. The SMILES string of the molecule is O=C(Nc1nc2c(s1)CSCC2)c1cc(O)cc([N+](=O)[O-])c1. The summed E-state index contributed by atoms with van der Waals surface area (Å²) in [5.41, 5.74) is 0.690. The van der Waals surface area contributed by atoms with Gasteiger partial charge in [0, 0.05) is 16.7 Å². The molecule has 2 heterocycles. The van der Waals surface area contributed by atoms with E-state index >= 15 is 0 Å². The average molecular weight is 337 g/mol. The fourth-order valence-electron chi connectivity index (χ4n) is 2.08. The first-order chi connectivity index (χ1) is 10.5. The van der Waals surface area contributed by atoms with E-state index in [1.165, 1.54) is 17.4 Å². The lowest BCUT2D eigenvalue weighted by Crippen LogP contribution is -2.12. The molecule has 7 nitrogen and oxygen atoms in total. The highest BCUT2D eigenvalue weighted by Crippen LogP contribution is 2.32. The van der Waals surface area contributed by atoms with Crippen molar-refractivity contribution in [1.29, 1.82) is 0 Å². The Hall–Kier alpha value is -2.13. The number of aromatic hydroxyl groups is 1. The molecule has 0 saturated carbocycles. The third-order valence-electron chi connectivity index (χ3n) is 3.09. The number of fused-ring (bicyclic) bond motifs is 1. The van der Waals surface area contributed by atoms with Gasteiger partial charge in [-0.3, -0.25) is 20.2 Å². The molecule has 0 atom stereocenters. The highest BCUT2D eigenvalue weighted by Gasteiger charge is 2.19. The highest BCUT2D eigenvalue weighted by atomic mass is 32.2. The topological polar surface area (TPSA) is 105 Å². The summed E-state index contributed by atoms with van der Waals surface area (Å²) in [6.07, 6.45) is 0.879. The molecule has 0 aliphatic carbocycles. The van der Waals surface area contributed by atoms with Crippen molar-refractivity contribution in [2.75, 3.05) is 11.1 Å². The Morgan fingerprint density at radius 1 is 1.41 bits per heavy atom. The number of nitro groups is 1. The van der Waals surface area contributed by atoms with Crippen LogP contribution in [0.1, 0.15) is 20.9 Å². The molecule has 22 heavy (non-hydrogen) atoms. The van der Waals surface area contributed by atoms with Gasteiger partial charge in [-0.1, -0.05) is 0 Å². The number of phenols is 1. The summed E-state index contributed by atoms with van der Waals surface area (Å²) < 4.78 is 0. The first kappa shape index (κ1) is 14.8. The van der Waals surface area contributed by atoms with Crippen molar-refractivity contribution in [3.8, 4) is 5.75 Å². The van der Waals surface area contributed by atoms with E-state index < -0.39 is 10.8 Å². The molecular formula is C13H11N3O4S2. The lowest BCUT2D eigenvalue weighted by atomic mass is 10.2. The smallest absolute Gasteiger partial charge is 0.273 e. The third-order valence-corrected chi connectivity index (χ3v) is 5.27. The predicted octanol–water partition coefficient (Wildman–Crippen LogP) is 2.80. The minimum absolute atomic E-state index is 0.0225. The number of hydrogen-bond acceptors (Lipinski definition) is 7. The van der Waals surface area contributed by atoms with Crippen LogP contribution in [0.15, 0.2) is 18.2 Å². The number of anilines is 1. The van der Waals surface area contributed by atoms with Gasteiger partial charge < -0.3 is 5.11 Å². The van der Waals surface area contributed by atoms with Gasteiger partial charge in [0.05, 0.1) is 22.2 Å². The van der Waals surface area contributed by atoms with E-state index in [2.05, 4.69) is 10.3 Å². The molecule has 2 aromatic rings. The van der Waals surface area contributed by atoms with E-state index in [1.54, 1.807) is 0 Å². The van der Waals surface area contributed by atoms with Gasteiger partial charge in [-0.2, -0.15) is 11.8 Å². The Labute approximate surface area is 133 Å². The first-order valence-electron chi connectivity index (χ1n) is 6.39. The molecular weight excluding hydrogens is 326 g/mol. The molecule has 2 N–H and O–H groups in total. The molecule has 0 spiro atoms. The number of carbonyl (C=O) groups is 1. The van der Waals surface area contributed by atoms with Crippen LogP contribution in [-0.4, -0.2) is 26.7 Å². The number of non-ortho nitro benzene ring substituents is 1. The van der Waals surface area contributed by atoms with Crippen molar-refractivity contribution in [2.45, 2.75) is 12.2 Å². The lowest BCUT2D eigenvalue weighted by molar-refractivity contribution is -0.385. The fourth-order valence-corrected chi connectivity index (χ4v) is 4.20. The van der Waals surface area contributed by atoms with Crippen molar-refractivity contribution in [1.82, 2.24) is 4.98 Å². The number of nitro benzene ring substituents is 1. The monoisotopic (exact) mass is 337 g/mol. The number of nitrogens with zero attached hydrogens (tertiary/aromatic N) is 2. The minimum Gasteiger partial charge on any atom is -0.508 e. The van der Waals surface area contributed by atoms with Crippen LogP contribution in [-0.2, 0) is 12.2 Å². The molecule has 1 amide bonds. The Kier molecular flexibility index (Phi) is 3.99. The molecule has 0 saturated heterocycles. The maximum absolute atomic E-state index is 12.2. The summed E-state index contributed by atoms with van der Waals surface area (Å²) in [7, 11) is 0. The summed E-state index contributed by atoms with van der Waals surface area (Å²) in [6.45, 7) is 0. The molecule has 1 aliphatic rings. The average Bonchev–Trinajstić information content (AvgIpc) is 2.88. The number of rotatable bonds is 3. The number of carbonyl (C=O) groups excluding carboxylic acids is 1. The molecule has 1 aromatic heterocycles. The lowest BCUT2D eigenvalue weighted by Gasteiger charge is -2.06. The van der Waals surface area contributed by atoms with Crippen LogP contribution >= 0.6 is 23.1 Å². The Balaban J connectivity index is 1.82. The summed E-state index contributed by atoms with van der Waals surface area (Å²) in [5.74, 6) is 1.05. The largest absolute Gasteiger partial charge is 0.508 e. The number of aromatic nitrogens is 1. The molecule has 0 unspecified atom stereocenters. The minimum atomic E-state index is -0.657. The fraction of sp³-hybridized carbons (Fsp3) is 0.231. The van der Waals surface area contributed by atoms with Crippen LogP contribution in [0.4, 0.5) is 10.8 Å². The van der Waals surface area contributed by atoms with Gasteiger partial charge >= 0.3 is 0 Å². The Bertz CT molecular complexity index is 736. The molecule has 0 bridgehead atoms. The zero-order chi connectivity index (χ0) is 15.7. The molecule has 0 radical (unpaired) electrons. The van der Waals surface area contributed by atoms with Gasteiger partial charge in [-0.05, 0) is 18.2 Å². The number of nitrogens with one attached hydrogen (secondary N) is 1. The second-order valence-corrected chi connectivity index (χ2v) is 6.83. The molecule has 1 aliphatic heterocycles. The van der Waals surface area contributed by atoms with Gasteiger partial charge in [0.25, 0.3) is 11.6 Å². The number of amides is 1. The van der Waals surface area contributed by atoms with Crippen LogP contribution < -0.4 is 5.32 Å².